The van der Waals surface area contributed by atoms with Gasteiger partial charge < -0.3 is 18.6 Å². The Morgan fingerprint density at radius 2 is 2.09 bits per heavy atom. The third kappa shape index (κ3) is 3.79. The second-order valence-electron chi connectivity index (χ2n) is 8.27. The van der Waals surface area contributed by atoms with Gasteiger partial charge in [0.05, 0.1) is 18.0 Å². The van der Waals surface area contributed by atoms with Crippen molar-refractivity contribution in [1.29, 1.82) is 0 Å². The Kier molecular flexibility index (Phi) is 5.24. The maximum Gasteiger partial charge on any atom is 0.339 e. The van der Waals surface area contributed by atoms with Gasteiger partial charge in [-0.05, 0) is 31.5 Å². The molecule has 0 N–H and O–H groups in total. The number of nitrogens with zero attached hydrogens (tertiary/aromatic N) is 4. The molecule has 1 fully saturated rings. The Labute approximate surface area is 188 Å². The van der Waals surface area contributed by atoms with Crippen LogP contribution in [0.2, 0.25) is 0 Å². The molecule has 170 valence electrons. The van der Waals surface area contributed by atoms with Crippen LogP contribution in [0.5, 0.6) is 5.75 Å². The molecule has 5 rings (SSSR count). The Morgan fingerprint density at radius 1 is 1.24 bits per heavy atom. The number of carbonyl (C=O) groups excluding carboxylic acids is 1. The largest absolute Gasteiger partial charge is 0.488 e. The topological polar surface area (TPSA) is 99.0 Å². The van der Waals surface area contributed by atoms with Crippen molar-refractivity contribution in [2.24, 2.45) is 0 Å². The van der Waals surface area contributed by atoms with Crippen LogP contribution >= 0.6 is 0 Å². The van der Waals surface area contributed by atoms with Crippen LogP contribution < -0.4 is 15.9 Å². The van der Waals surface area contributed by atoms with Crippen molar-refractivity contribution in [2.45, 2.75) is 39.3 Å². The van der Waals surface area contributed by atoms with Gasteiger partial charge in [0.2, 0.25) is 0 Å². The lowest BCUT2D eigenvalue weighted by Gasteiger charge is -2.18. The first-order valence-electron chi connectivity index (χ1n) is 11.0. The van der Waals surface area contributed by atoms with E-state index in [2.05, 4.69) is 4.98 Å². The zero-order valence-corrected chi connectivity index (χ0v) is 18.5. The molecule has 1 unspecified atom stereocenters. The zero-order valence-electron chi connectivity index (χ0n) is 18.5. The summed E-state index contributed by atoms with van der Waals surface area (Å²) >= 11 is 0. The molecule has 1 atom stereocenters. The molecule has 0 saturated carbocycles. The van der Waals surface area contributed by atoms with Crippen molar-refractivity contribution in [2.75, 3.05) is 13.1 Å². The number of hydrogen-bond acceptors (Lipinski definition) is 6. The number of pyridine rings is 1. The molecule has 5 heterocycles. The molecular formula is C24H24N4O5. The van der Waals surface area contributed by atoms with Crippen molar-refractivity contribution in [3.63, 3.8) is 0 Å². The predicted octanol–water partition coefficient (Wildman–Crippen LogP) is 2.61. The average Bonchev–Trinajstić information content (AvgIpc) is 3.39. The summed E-state index contributed by atoms with van der Waals surface area (Å²) < 4.78 is 14.2. The summed E-state index contributed by atoms with van der Waals surface area (Å²) in [4.78, 5) is 44.5. The first-order valence-corrected chi connectivity index (χ1v) is 11.0. The van der Waals surface area contributed by atoms with Crippen molar-refractivity contribution in [1.82, 2.24) is 18.9 Å². The maximum absolute atomic E-state index is 13.5. The van der Waals surface area contributed by atoms with E-state index in [4.69, 9.17) is 9.15 Å². The van der Waals surface area contributed by atoms with Gasteiger partial charge >= 0.3 is 5.63 Å². The van der Waals surface area contributed by atoms with Crippen molar-refractivity contribution >= 4 is 22.6 Å². The lowest BCUT2D eigenvalue weighted by Crippen LogP contribution is -2.32. The summed E-state index contributed by atoms with van der Waals surface area (Å²) in [5.41, 5.74) is 0.854. The van der Waals surface area contributed by atoms with E-state index in [-0.39, 0.29) is 17.6 Å². The molecule has 0 radical (unpaired) electrons. The van der Waals surface area contributed by atoms with Gasteiger partial charge in [0.15, 0.2) is 0 Å². The van der Waals surface area contributed by atoms with Gasteiger partial charge in [-0.1, -0.05) is 13.0 Å². The number of aromatic nitrogens is 3. The van der Waals surface area contributed by atoms with Crippen LogP contribution in [0.25, 0.3) is 16.7 Å². The summed E-state index contributed by atoms with van der Waals surface area (Å²) in [5, 5.41) is 0.425. The summed E-state index contributed by atoms with van der Waals surface area (Å²) in [6.45, 7) is 5.19. The molecule has 1 saturated heterocycles. The fourth-order valence-electron chi connectivity index (χ4n) is 4.39. The molecule has 4 aromatic heterocycles. The minimum atomic E-state index is -0.466. The fourth-order valence-corrected chi connectivity index (χ4v) is 4.39. The van der Waals surface area contributed by atoms with Gasteiger partial charge in [0.1, 0.15) is 34.6 Å². The van der Waals surface area contributed by atoms with Crippen LogP contribution in [0.3, 0.4) is 0 Å². The number of carbonyl (C=O) groups is 1. The van der Waals surface area contributed by atoms with Crippen LogP contribution in [0.15, 0.2) is 56.6 Å². The second kappa shape index (κ2) is 8.23. The molecule has 9 nitrogen and oxygen atoms in total. The minimum Gasteiger partial charge on any atom is -0.488 e. The quantitative estimate of drug-likeness (QED) is 0.465. The summed E-state index contributed by atoms with van der Waals surface area (Å²) in [7, 11) is 0. The second-order valence-corrected chi connectivity index (χ2v) is 8.27. The maximum atomic E-state index is 13.5. The monoisotopic (exact) mass is 448 g/mol. The summed E-state index contributed by atoms with van der Waals surface area (Å²) in [6, 6.07) is 10.0. The molecule has 0 spiro atoms. The number of likely N-dealkylation sites (tertiary alicyclic amines) is 1. The highest BCUT2D eigenvalue weighted by molar-refractivity contribution is 5.98. The third-order valence-electron chi connectivity index (χ3n) is 5.84. The van der Waals surface area contributed by atoms with Gasteiger partial charge in [-0.2, -0.15) is 0 Å². The van der Waals surface area contributed by atoms with Crippen molar-refractivity contribution in [3.05, 3.63) is 74.8 Å². The molecule has 0 aromatic carbocycles. The Balaban J connectivity index is 1.46. The predicted molar refractivity (Wildman–Crippen MR) is 122 cm³/mol. The molecule has 0 bridgehead atoms. The first kappa shape index (κ1) is 21.0. The fraction of sp³-hybridized carbons (Fsp3) is 0.333. The normalized spacial score (nSPS) is 16.1. The first-order chi connectivity index (χ1) is 15.9. The minimum absolute atomic E-state index is 0.162. The molecule has 1 aliphatic rings. The average molecular weight is 448 g/mol. The number of rotatable bonds is 5. The molecule has 1 aliphatic heterocycles. The van der Waals surface area contributed by atoms with E-state index in [1.807, 2.05) is 17.6 Å². The van der Waals surface area contributed by atoms with Gasteiger partial charge in [-0.25, -0.2) is 9.78 Å². The van der Waals surface area contributed by atoms with Gasteiger partial charge in [0, 0.05) is 31.8 Å². The Bertz CT molecular complexity index is 1480. The van der Waals surface area contributed by atoms with Crippen molar-refractivity contribution in [3.8, 4) is 5.75 Å². The van der Waals surface area contributed by atoms with E-state index < -0.39 is 5.63 Å². The van der Waals surface area contributed by atoms with Crippen LogP contribution in [0.4, 0.5) is 0 Å². The van der Waals surface area contributed by atoms with Gasteiger partial charge in [0.25, 0.3) is 11.5 Å². The van der Waals surface area contributed by atoms with Crippen LogP contribution in [-0.4, -0.2) is 44.0 Å². The zero-order chi connectivity index (χ0) is 23.1. The highest BCUT2D eigenvalue weighted by Gasteiger charge is 2.31. The highest BCUT2D eigenvalue weighted by Crippen LogP contribution is 2.23. The molecular weight excluding hydrogens is 424 g/mol. The molecule has 1 amide bonds. The van der Waals surface area contributed by atoms with Crippen LogP contribution in [0, 0.1) is 6.92 Å². The Morgan fingerprint density at radius 3 is 2.88 bits per heavy atom. The van der Waals surface area contributed by atoms with Gasteiger partial charge in [-0.3, -0.25) is 14.0 Å². The molecule has 33 heavy (non-hydrogen) atoms. The highest BCUT2D eigenvalue weighted by atomic mass is 16.5. The summed E-state index contributed by atoms with van der Waals surface area (Å²) in [5.74, 6) is 0.746. The number of fused-ring (bicyclic) bond motifs is 2. The SMILES string of the molecule is CCCn1c(C(=O)N2CCC(Oc3cc(C)oc(=O)c3)C2)cc2c(=O)n3ccccc3nc21. The van der Waals surface area contributed by atoms with E-state index in [9.17, 15) is 14.4 Å². The number of amides is 1. The molecule has 9 heteroatoms. The Hall–Kier alpha value is -3.88. The number of aryl methyl sites for hydroxylation is 2. The van der Waals surface area contributed by atoms with E-state index >= 15 is 0 Å². The van der Waals surface area contributed by atoms with E-state index in [1.54, 1.807) is 42.3 Å². The smallest absolute Gasteiger partial charge is 0.339 e. The van der Waals surface area contributed by atoms with E-state index in [1.165, 1.54) is 10.5 Å². The van der Waals surface area contributed by atoms with Crippen LogP contribution in [-0.2, 0) is 6.54 Å². The van der Waals surface area contributed by atoms with Crippen molar-refractivity contribution < 1.29 is 13.9 Å². The van der Waals surface area contributed by atoms with E-state index in [0.717, 1.165) is 6.42 Å². The number of hydrogen-bond donors (Lipinski definition) is 0. The standard InChI is InChI=1S/C24H24N4O5/c1-3-8-27-19(13-18-22(27)25-20-6-4-5-9-28(20)23(18)30)24(31)26-10-7-16(14-26)33-17-11-15(2)32-21(29)12-17/h4-6,9,11-13,16H,3,7-8,10,14H2,1-2H3. The van der Waals surface area contributed by atoms with Gasteiger partial charge in [-0.15, -0.1) is 0 Å². The van der Waals surface area contributed by atoms with E-state index in [0.29, 0.717) is 59.9 Å². The lowest BCUT2D eigenvalue weighted by molar-refractivity contribution is 0.0761. The molecule has 4 aromatic rings. The lowest BCUT2D eigenvalue weighted by atomic mass is 10.3. The third-order valence-corrected chi connectivity index (χ3v) is 5.84. The number of ether oxygens (including phenoxy) is 1. The van der Waals surface area contributed by atoms with Crippen LogP contribution in [0.1, 0.15) is 36.0 Å². The molecule has 0 aliphatic carbocycles. The summed E-state index contributed by atoms with van der Waals surface area (Å²) in [6.07, 6.45) is 2.88.